The van der Waals surface area contributed by atoms with E-state index in [9.17, 15) is 0 Å². The molecule has 4 heteroatoms. The molecule has 0 atom stereocenters. The Bertz CT molecular complexity index is 32.2. The first kappa shape index (κ1) is 17.0. The average molecular weight is 345 g/mol. The Morgan fingerprint density at radius 2 is 1.30 bits per heavy atom. The third kappa shape index (κ3) is 37.1. The Labute approximate surface area is 82.6 Å². The SMILES string of the molecule is CCOCC.OCCO.[PbH2]. The summed E-state index contributed by atoms with van der Waals surface area (Å²) in [6.07, 6.45) is 0. The third-order valence-electron chi connectivity index (χ3n) is 0.508. The fraction of sp³-hybridized carbons (Fsp3) is 1.00. The van der Waals surface area contributed by atoms with Gasteiger partial charge in [-0.25, -0.2) is 0 Å². The first-order valence-corrected chi connectivity index (χ1v) is 3.12. The second-order valence-electron chi connectivity index (χ2n) is 1.23. The average Bonchev–Trinajstić information content (AvgIpc) is 1.91. The second kappa shape index (κ2) is 22.6. The van der Waals surface area contributed by atoms with E-state index in [2.05, 4.69) is 0 Å². The van der Waals surface area contributed by atoms with Gasteiger partial charge in [-0.2, -0.15) is 0 Å². The summed E-state index contributed by atoms with van der Waals surface area (Å²) in [5, 5.41) is 15.2. The van der Waals surface area contributed by atoms with Crippen LogP contribution >= 0.6 is 0 Å². The van der Waals surface area contributed by atoms with E-state index >= 15 is 0 Å². The van der Waals surface area contributed by atoms with Gasteiger partial charge in [-0.15, -0.1) is 0 Å². The van der Waals surface area contributed by atoms with Gasteiger partial charge in [-0.1, -0.05) is 0 Å². The van der Waals surface area contributed by atoms with Crippen molar-refractivity contribution in [3.63, 3.8) is 0 Å². The zero-order chi connectivity index (χ0) is 7.54. The zero-order valence-electron chi connectivity index (χ0n) is 6.84. The minimum absolute atomic E-state index is 0. The van der Waals surface area contributed by atoms with Crippen molar-refractivity contribution in [2.45, 2.75) is 13.8 Å². The summed E-state index contributed by atoms with van der Waals surface area (Å²) in [6.45, 7) is 5.42. The summed E-state index contributed by atoms with van der Waals surface area (Å²) in [5.41, 5.74) is 0. The summed E-state index contributed by atoms with van der Waals surface area (Å²) < 4.78 is 4.83. The molecule has 0 spiro atoms. The number of aliphatic hydroxyl groups is 2. The van der Waals surface area contributed by atoms with Gasteiger partial charge in [0.2, 0.25) is 0 Å². The zero-order valence-corrected chi connectivity index (χ0v) is 12.3. The van der Waals surface area contributed by atoms with E-state index in [1.165, 1.54) is 0 Å². The Morgan fingerprint density at radius 3 is 1.30 bits per heavy atom. The molecule has 3 nitrogen and oxygen atoms in total. The molecule has 0 aliphatic carbocycles. The maximum atomic E-state index is 7.62. The van der Waals surface area contributed by atoms with Crippen LogP contribution in [0.4, 0.5) is 0 Å². The van der Waals surface area contributed by atoms with Crippen molar-refractivity contribution in [2.24, 2.45) is 0 Å². The second-order valence-corrected chi connectivity index (χ2v) is 1.23. The number of hydrogen-bond donors (Lipinski definition) is 2. The van der Waals surface area contributed by atoms with Crippen molar-refractivity contribution in [3.8, 4) is 0 Å². The molecule has 0 unspecified atom stereocenters. The van der Waals surface area contributed by atoms with Crippen LogP contribution in [0.1, 0.15) is 13.8 Å². The summed E-state index contributed by atoms with van der Waals surface area (Å²) in [7, 11) is 0. The topological polar surface area (TPSA) is 49.7 Å². The molecule has 2 N–H and O–H groups in total. The molecule has 64 valence electrons. The molecule has 10 heavy (non-hydrogen) atoms. The van der Waals surface area contributed by atoms with E-state index in [4.69, 9.17) is 14.9 Å². The van der Waals surface area contributed by atoms with Crippen molar-refractivity contribution in [2.75, 3.05) is 26.4 Å². The Balaban J connectivity index is -0.0000000910. The van der Waals surface area contributed by atoms with Crippen LogP contribution < -0.4 is 0 Å². The molecule has 0 aromatic heterocycles. The van der Waals surface area contributed by atoms with Gasteiger partial charge < -0.3 is 14.9 Å². The molecule has 0 aliphatic rings. The Kier molecular flexibility index (Phi) is 38.5. The van der Waals surface area contributed by atoms with Crippen LogP contribution in [-0.2, 0) is 4.74 Å². The van der Waals surface area contributed by atoms with Crippen LogP contribution in [0.5, 0.6) is 0 Å². The van der Waals surface area contributed by atoms with E-state index in [0.717, 1.165) is 13.2 Å². The van der Waals surface area contributed by atoms with E-state index < -0.39 is 0 Å². The minimum atomic E-state index is -0.125. The van der Waals surface area contributed by atoms with E-state index in [-0.39, 0.29) is 40.5 Å². The van der Waals surface area contributed by atoms with Crippen molar-refractivity contribution >= 4 is 27.3 Å². The predicted molar refractivity (Wildman–Crippen MR) is 44.9 cm³/mol. The van der Waals surface area contributed by atoms with Crippen molar-refractivity contribution in [1.82, 2.24) is 0 Å². The summed E-state index contributed by atoms with van der Waals surface area (Å²) in [6, 6.07) is 0. The van der Waals surface area contributed by atoms with Crippen LogP contribution in [0.2, 0.25) is 0 Å². The van der Waals surface area contributed by atoms with Crippen LogP contribution in [-0.4, -0.2) is 63.9 Å². The van der Waals surface area contributed by atoms with Gasteiger partial charge in [-0.05, 0) is 13.8 Å². The Hall–Kier alpha value is 0.802. The normalized spacial score (nSPS) is 7.20. The van der Waals surface area contributed by atoms with Crippen molar-refractivity contribution < 1.29 is 14.9 Å². The fourth-order valence-electron chi connectivity index (χ4n) is 0.204. The number of hydrogen-bond acceptors (Lipinski definition) is 3. The van der Waals surface area contributed by atoms with Gasteiger partial charge in [0.25, 0.3) is 0 Å². The summed E-state index contributed by atoms with van der Waals surface area (Å²) in [4.78, 5) is 0. The molecular weight excluding hydrogens is 327 g/mol. The van der Waals surface area contributed by atoms with Crippen LogP contribution in [0.25, 0.3) is 0 Å². The summed E-state index contributed by atoms with van der Waals surface area (Å²) >= 11 is 0. The van der Waals surface area contributed by atoms with E-state index in [1.54, 1.807) is 0 Å². The van der Waals surface area contributed by atoms with E-state index in [1.807, 2.05) is 13.8 Å². The molecule has 2 radical (unpaired) electrons. The quantitative estimate of drug-likeness (QED) is 0.652. The first-order valence-electron chi connectivity index (χ1n) is 3.12. The third-order valence-corrected chi connectivity index (χ3v) is 0.508. The van der Waals surface area contributed by atoms with Gasteiger partial charge in [0, 0.05) is 13.2 Å². The molecule has 0 saturated carbocycles. The molecule has 0 amide bonds. The standard InChI is InChI=1S/C4H10O.C2H6O2.Pb.2H/c1-3-5-4-2;3-1-2-4;;;/h3-4H2,1-2H3;3-4H,1-2H2;;;. The molecule has 0 aliphatic heterocycles. The van der Waals surface area contributed by atoms with Crippen LogP contribution in [0, 0.1) is 0 Å². The summed E-state index contributed by atoms with van der Waals surface area (Å²) in [5.74, 6) is 0. The van der Waals surface area contributed by atoms with Gasteiger partial charge in [0.05, 0.1) is 13.2 Å². The van der Waals surface area contributed by atoms with Gasteiger partial charge in [0.1, 0.15) is 0 Å². The molecule has 0 aromatic carbocycles. The molecule has 0 aromatic rings. The van der Waals surface area contributed by atoms with Gasteiger partial charge >= 0.3 is 27.3 Å². The molecule has 0 fully saturated rings. The molecule has 0 bridgehead atoms. The van der Waals surface area contributed by atoms with Crippen LogP contribution in [0.15, 0.2) is 0 Å². The van der Waals surface area contributed by atoms with Crippen molar-refractivity contribution in [3.05, 3.63) is 0 Å². The van der Waals surface area contributed by atoms with Gasteiger partial charge in [-0.3, -0.25) is 0 Å². The predicted octanol–water partition coefficient (Wildman–Crippen LogP) is -0.902. The number of rotatable bonds is 3. The number of ether oxygens (including phenoxy) is 1. The van der Waals surface area contributed by atoms with Gasteiger partial charge in [0.15, 0.2) is 0 Å². The van der Waals surface area contributed by atoms with E-state index in [0.29, 0.717) is 0 Å². The molecule has 0 heterocycles. The number of aliphatic hydroxyl groups excluding tert-OH is 2. The molecular formula is C6H18O3Pb. The molecule has 0 rings (SSSR count). The fourth-order valence-corrected chi connectivity index (χ4v) is 0.204. The Morgan fingerprint density at radius 1 is 1.00 bits per heavy atom. The monoisotopic (exact) mass is 346 g/mol. The maximum absolute atomic E-state index is 7.62. The first-order chi connectivity index (χ1) is 4.33. The van der Waals surface area contributed by atoms with Crippen LogP contribution in [0.3, 0.4) is 0 Å². The molecule has 0 saturated heterocycles. The van der Waals surface area contributed by atoms with Crippen molar-refractivity contribution in [1.29, 1.82) is 0 Å².